The first-order valence-corrected chi connectivity index (χ1v) is 13.6. The van der Waals surface area contributed by atoms with E-state index < -0.39 is 0 Å². The van der Waals surface area contributed by atoms with E-state index in [9.17, 15) is 9.18 Å². The number of hydrogen-bond donors (Lipinski definition) is 0. The van der Waals surface area contributed by atoms with Crippen LogP contribution in [0.3, 0.4) is 0 Å². The summed E-state index contributed by atoms with van der Waals surface area (Å²) in [5, 5.41) is 4.83. The van der Waals surface area contributed by atoms with Crippen LogP contribution in [0.5, 0.6) is 0 Å². The number of piperidine rings is 1. The number of amides is 1. The summed E-state index contributed by atoms with van der Waals surface area (Å²) < 4.78 is 15.5. The maximum absolute atomic E-state index is 13.6. The molecule has 0 aliphatic carbocycles. The molecule has 0 saturated carbocycles. The van der Waals surface area contributed by atoms with Gasteiger partial charge < -0.3 is 4.90 Å². The first-order chi connectivity index (χ1) is 17.6. The molecule has 1 saturated heterocycles. The Labute approximate surface area is 214 Å². The van der Waals surface area contributed by atoms with E-state index in [-0.39, 0.29) is 11.7 Å². The number of halogens is 1. The average molecular weight is 491 g/mol. The molecule has 3 heterocycles. The fourth-order valence-electron chi connectivity index (χ4n) is 4.84. The zero-order valence-electron chi connectivity index (χ0n) is 21.8. The normalized spacial score (nSPS) is 14.6. The summed E-state index contributed by atoms with van der Waals surface area (Å²) in [6.07, 6.45) is 14.1. The van der Waals surface area contributed by atoms with Crippen LogP contribution >= 0.6 is 0 Å². The van der Waals surface area contributed by atoms with Crippen LogP contribution in [-0.4, -0.2) is 58.0 Å². The Balaban J connectivity index is 1.69. The molecule has 36 heavy (non-hydrogen) atoms. The molecule has 1 amide bonds. The monoisotopic (exact) mass is 490 g/mol. The number of pyridine rings is 1. The van der Waals surface area contributed by atoms with Crippen molar-refractivity contribution in [1.29, 1.82) is 0 Å². The zero-order chi connectivity index (χ0) is 25.3. The highest BCUT2D eigenvalue weighted by Crippen LogP contribution is 2.29. The van der Waals surface area contributed by atoms with Crippen LogP contribution in [0, 0.1) is 5.82 Å². The average Bonchev–Trinajstić information content (AvgIpc) is 3.27. The Morgan fingerprint density at radius 1 is 1.03 bits per heavy atom. The van der Waals surface area contributed by atoms with Gasteiger partial charge in [0.2, 0.25) is 0 Å². The number of hydrogen-bond acceptors (Lipinski definition) is 3. The predicted molar refractivity (Wildman–Crippen MR) is 146 cm³/mol. The quantitative estimate of drug-likeness (QED) is 0.301. The Bertz CT molecular complexity index is 1150. The van der Waals surface area contributed by atoms with E-state index in [2.05, 4.69) is 30.9 Å². The van der Waals surface area contributed by atoms with Gasteiger partial charge in [0.1, 0.15) is 11.5 Å². The van der Waals surface area contributed by atoms with Gasteiger partial charge in [-0.25, -0.2) is 8.91 Å². The number of likely N-dealkylation sites (tertiary alicyclic amines) is 1. The van der Waals surface area contributed by atoms with Crippen LogP contribution in [0.2, 0.25) is 0 Å². The van der Waals surface area contributed by atoms with Gasteiger partial charge in [0.15, 0.2) is 0 Å². The molecule has 0 radical (unpaired) electrons. The van der Waals surface area contributed by atoms with Crippen LogP contribution in [0.1, 0.15) is 74.7 Å². The number of benzene rings is 1. The highest BCUT2D eigenvalue weighted by atomic mass is 19.1. The predicted octanol–water partition coefficient (Wildman–Crippen LogP) is 6.68. The molecule has 1 aliphatic heterocycles. The van der Waals surface area contributed by atoms with Gasteiger partial charge in [0.05, 0.1) is 5.52 Å². The van der Waals surface area contributed by atoms with Crippen LogP contribution < -0.4 is 0 Å². The van der Waals surface area contributed by atoms with Crippen molar-refractivity contribution in [3.8, 4) is 11.3 Å². The third-order valence-corrected chi connectivity index (χ3v) is 6.98. The number of nitrogens with zero attached hydrogens (tertiary/aromatic N) is 4. The fraction of sp³-hybridized carbons (Fsp3) is 0.467. The minimum Gasteiger partial charge on any atom is -0.339 e. The van der Waals surface area contributed by atoms with Crippen LogP contribution in [0.25, 0.3) is 22.9 Å². The zero-order valence-corrected chi connectivity index (χ0v) is 21.8. The largest absolute Gasteiger partial charge is 0.339 e. The summed E-state index contributed by atoms with van der Waals surface area (Å²) >= 11 is 0. The summed E-state index contributed by atoms with van der Waals surface area (Å²) in [7, 11) is 0. The van der Waals surface area contributed by atoms with Crippen molar-refractivity contribution in [2.24, 2.45) is 0 Å². The van der Waals surface area contributed by atoms with E-state index in [0.717, 1.165) is 80.7 Å². The number of carbonyl (C=O) groups is 1. The second-order valence-corrected chi connectivity index (χ2v) is 9.78. The Morgan fingerprint density at radius 3 is 2.39 bits per heavy atom. The summed E-state index contributed by atoms with van der Waals surface area (Å²) in [5.74, 6) is -0.191. The van der Waals surface area contributed by atoms with Crippen molar-refractivity contribution in [2.75, 3.05) is 32.7 Å². The third kappa shape index (κ3) is 6.41. The molecule has 1 aromatic carbocycles. The molecule has 0 atom stereocenters. The SMILES string of the molecule is CCCCN(CCCC)C(=O)c1ccn2nc(-c3ccc(F)cc3)c(/C=C/CN3CCCCC3)c2c1. The molecule has 0 N–H and O–H groups in total. The first-order valence-electron chi connectivity index (χ1n) is 13.6. The number of carbonyl (C=O) groups excluding carboxylic acids is 1. The number of aromatic nitrogens is 2. The lowest BCUT2D eigenvalue weighted by atomic mass is 10.0. The van der Waals surface area contributed by atoms with E-state index in [1.807, 2.05) is 27.7 Å². The lowest BCUT2D eigenvalue weighted by Crippen LogP contribution is -2.33. The molecule has 4 rings (SSSR count). The van der Waals surface area contributed by atoms with Crippen LogP contribution in [0.4, 0.5) is 4.39 Å². The fourth-order valence-corrected chi connectivity index (χ4v) is 4.84. The maximum Gasteiger partial charge on any atom is 0.253 e. The van der Waals surface area contributed by atoms with Crippen LogP contribution in [0.15, 0.2) is 48.7 Å². The van der Waals surface area contributed by atoms with Gasteiger partial charge in [-0.1, -0.05) is 45.3 Å². The summed E-state index contributed by atoms with van der Waals surface area (Å²) in [6, 6.07) is 10.3. The molecule has 1 fully saturated rings. The summed E-state index contributed by atoms with van der Waals surface area (Å²) in [5.41, 5.74) is 4.19. The topological polar surface area (TPSA) is 40.9 Å². The molecule has 3 aromatic rings. The van der Waals surface area contributed by atoms with E-state index >= 15 is 0 Å². The Morgan fingerprint density at radius 2 is 1.72 bits per heavy atom. The smallest absolute Gasteiger partial charge is 0.253 e. The van der Waals surface area contributed by atoms with Gasteiger partial charge in [0.25, 0.3) is 5.91 Å². The Hall–Kier alpha value is -2.99. The number of rotatable bonds is 11. The van der Waals surface area contributed by atoms with Gasteiger partial charge >= 0.3 is 0 Å². The minimum atomic E-state index is -0.267. The van der Waals surface area contributed by atoms with E-state index in [1.54, 1.807) is 12.1 Å². The van der Waals surface area contributed by atoms with Crippen molar-refractivity contribution in [3.63, 3.8) is 0 Å². The molecule has 5 nitrogen and oxygen atoms in total. The Kier molecular flexibility index (Phi) is 9.29. The molecule has 6 heteroatoms. The van der Waals surface area contributed by atoms with Gasteiger partial charge in [0, 0.05) is 42.5 Å². The second-order valence-electron chi connectivity index (χ2n) is 9.78. The number of unbranched alkanes of at least 4 members (excludes halogenated alkanes) is 2. The highest BCUT2D eigenvalue weighted by molar-refractivity contribution is 5.96. The molecule has 1 aliphatic rings. The molecule has 0 spiro atoms. The van der Waals surface area contributed by atoms with Gasteiger partial charge in [-0.2, -0.15) is 5.10 Å². The highest BCUT2D eigenvalue weighted by Gasteiger charge is 2.19. The van der Waals surface area contributed by atoms with Gasteiger partial charge in [-0.05, 0) is 75.2 Å². The molecule has 2 aromatic heterocycles. The molecule has 192 valence electrons. The van der Waals surface area contributed by atoms with Crippen molar-refractivity contribution >= 4 is 17.5 Å². The van der Waals surface area contributed by atoms with Gasteiger partial charge in [-0.15, -0.1) is 0 Å². The summed E-state index contributed by atoms with van der Waals surface area (Å²) in [6.45, 7) is 9.02. The molecular formula is C30H39FN4O. The number of fused-ring (bicyclic) bond motifs is 1. The van der Waals surface area contributed by atoms with Crippen molar-refractivity contribution < 1.29 is 9.18 Å². The molecule has 0 bridgehead atoms. The van der Waals surface area contributed by atoms with Crippen molar-refractivity contribution in [2.45, 2.75) is 58.8 Å². The first kappa shape index (κ1) is 26.1. The van der Waals surface area contributed by atoms with Gasteiger partial charge in [-0.3, -0.25) is 9.69 Å². The van der Waals surface area contributed by atoms with Crippen LogP contribution in [-0.2, 0) is 0 Å². The molecule has 0 unspecified atom stereocenters. The lowest BCUT2D eigenvalue weighted by molar-refractivity contribution is 0.0751. The van der Waals surface area contributed by atoms with E-state index in [1.165, 1.54) is 31.4 Å². The van der Waals surface area contributed by atoms with Crippen molar-refractivity contribution in [3.05, 3.63) is 65.6 Å². The van der Waals surface area contributed by atoms with E-state index in [0.29, 0.717) is 5.56 Å². The van der Waals surface area contributed by atoms with Crippen molar-refractivity contribution in [1.82, 2.24) is 19.4 Å². The minimum absolute atomic E-state index is 0.0761. The maximum atomic E-state index is 13.6. The van der Waals surface area contributed by atoms with E-state index in [4.69, 9.17) is 5.10 Å². The lowest BCUT2D eigenvalue weighted by Gasteiger charge is -2.24. The summed E-state index contributed by atoms with van der Waals surface area (Å²) in [4.78, 5) is 17.9. The second kappa shape index (κ2) is 12.8. The third-order valence-electron chi connectivity index (χ3n) is 6.98. The molecular weight excluding hydrogens is 451 g/mol. The standard InChI is InChI=1S/C30H39FN4O/c1-3-5-20-34(21-6-4-2)30(36)25-16-22-35-28(23-25)27(11-10-19-33-17-8-7-9-18-33)29(32-35)24-12-14-26(31)15-13-24/h10-16,22-23H,3-9,17-21H2,1-2H3/b11-10+.